The van der Waals surface area contributed by atoms with Crippen molar-refractivity contribution < 1.29 is 18.3 Å². The van der Waals surface area contributed by atoms with Crippen LogP contribution in [0.4, 0.5) is 0 Å². The van der Waals surface area contributed by atoms with Crippen LogP contribution in [0.15, 0.2) is 23.1 Å². The van der Waals surface area contributed by atoms with E-state index >= 15 is 0 Å². The summed E-state index contributed by atoms with van der Waals surface area (Å²) in [5.74, 6) is 0. The summed E-state index contributed by atoms with van der Waals surface area (Å²) in [6, 6.07) is 5.31. The molecule has 0 radical (unpaired) electrons. The summed E-state index contributed by atoms with van der Waals surface area (Å²) in [6.07, 6.45) is -0.738. The van der Waals surface area contributed by atoms with Gasteiger partial charge in [0.05, 0.1) is 24.2 Å². The molecule has 2 rings (SSSR count). The van der Waals surface area contributed by atoms with Gasteiger partial charge in [0.1, 0.15) is 0 Å². The van der Waals surface area contributed by atoms with Gasteiger partial charge in [0, 0.05) is 26.2 Å². The van der Waals surface area contributed by atoms with Crippen LogP contribution in [0.5, 0.6) is 0 Å². The minimum Gasteiger partial charge on any atom is -0.390 e. The second kappa shape index (κ2) is 7.52. The topological polar surface area (TPSA) is 78.9 Å². The highest BCUT2D eigenvalue weighted by Gasteiger charge is 2.20. The Bertz CT molecular complexity index is 598. The van der Waals surface area contributed by atoms with E-state index in [1.165, 1.54) is 0 Å². The van der Waals surface area contributed by atoms with Crippen LogP contribution in [0.3, 0.4) is 0 Å². The van der Waals surface area contributed by atoms with Gasteiger partial charge in [-0.05, 0) is 31.0 Å². The molecule has 22 heavy (non-hydrogen) atoms. The van der Waals surface area contributed by atoms with E-state index in [1.54, 1.807) is 19.1 Å². The summed E-state index contributed by atoms with van der Waals surface area (Å²) < 4.78 is 32.4. The third-order valence-corrected chi connectivity index (χ3v) is 5.28. The molecule has 0 spiro atoms. The molecule has 124 valence electrons. The molecule has 6 nitrogen and oxygen atoms in total. The van der Waals surface area contributed by atoms with E-state index in [0.717, 1.165) is 18.7 Å². The lowest BCUT2D eigenvalue weighted by molar-refractivity contribution is 0.0158. The Morgan fingerprint density at radius 1 is 1.32 bits per heavy atom. The number of hydrogen-bond acceptors (Lipinski definition) is 5. The molecule has 1 aliphatic heterocycles. The van der Waals surface area contributed by atoms with E-state index in [4.69, 9.17) is 4.74 Å². The van der Waals surface area contributed by atoms with Crippen molar-refractivity contribution in [1.82, 2.24) is 9.62 Å². The van der Waals surface area contributed by atoms with Crippen LogP contribution >= 0.6 is 0 Å². The van der Waals surface area contributed by atoms with Crippen molar-refractivity contribution in [3.63, 3.8) is 0 Å². The summed E-state index contributed by atoms with van der Waals surface area (Å²) in [7, 11) is -3.60. The van der Waals surface area contributed by atoms with Gasteiger partial charge in [-0.25, -0.2) is 13.1 Å². The molecule has 1 aromatic carbocycles. The average molecular weight is 328 g/mol. The molecule has 0 aromatic heterocycles. The van der Waals surface area contributed by atoms with Gasteiger partial charge in [0.25, 0.3) is 0 Å². The molecule has 2 N–H and O–H groups in total. The largest absolute Gasteiger partial charge is 0.390 e. The summed E-state index contributed by atoms with van der Waals surface area (Å²) in [6.45, 7) is 6.90. The molecule has 0 saturated carbocycles. The van der Waals surface area contributed by atoms with Crippen molar-refractivity contribution in [3.8, 4) is 0 Å². The lowest BCUT2D eigenvalue weighted by atomic mass is 10.2. The second-order valence-electron chi connectivity index (χ2n) is 5.69. The molecule has 1 atom stereocenters. The highest BCUT2D eigenvalue weighted by molar-refractivity contribution is 7.89. The molecule has 0 aliphatic carbocycles. The van der Waals surface area contributed by atoms with Crippen LogP contribution in [-0.2, 0) is 14.8 Å². The number of aliphatic hydroxyl groups is 1. The first-order valence-electron chi connectivity index (χ1n) is 7.43. The van der Waals surface area contributed by atoms with Gasteiger partial charge < -0.3 is 9.84 Å². The summed E-state index contributed by atoms with van der Waals surface area (Å²) in [5, 5.41) is 10.0. The number of aryl methyl sites for hydroxylation is 2. The van der Waals surface area contributed by atoms with Crippen molar-refractivity contribution in [2.45, 2.75) is 24.8 Å². The number of β-amino-alcohol motifs (C(OH)–C–C–N with tert-alkyl or cyclic N) is 1. The van der Waals surface area contributed by atoms with Gasteiger partial charge in [0.2, 0.25) is 10.0 Å². The molecule has 1 aromatic rings. The summed E-state index contributed by atoms with van der Waals surface area (Å²) in [4.78, 5) is 2.34. The first kappa shape index (κ1) is 17.4. The minimum atomic E-state index is -3.60. The van der Waals surface area contributed by atoms with E-state index in [9.17, 15) is 13.5 Å². The van der Waals surface area contributed by atoms with E-state index in [1.807, 2.05) is 13.0 Å². The summed E-state index contributed by atoms with van der Waals surface area (Å²) in [5.41, 5.74) is 1.58. The third kappa shape index (κ3) is 4.76. The average Bonchev–Trinajstić information content (AvgIpc) is 2.49. The zero-order valence-corrected chi connectivity index (χ0v) is 13.9. The van der Waals surface area contributed by atoms with Crippen LogP contribution in [0.25, 0.3) is 0 Å². The van der Waals surface area contributed by atoms with Crippen LogP contribution in [0.2, 0.25) is 0 Å². The Kier molecular flexibility index (Phi) is 5.94. The Balaban J connectivity index is 1.92. The Morgan fingerprint density at radius 2 is 2.00 bits per heavy atom. The maximum absolute atomic E-state index is 12.3. The van der Waals surface area contributed by atoms with Crippen molar-refractivity contribution in [2.75, 3.05) is 39.4 Å². The third-order valence-electron chi connectivity index (χ3n) is 3.71. The number of aliphatic hydroxyl groups excluding tert-OH is 1. The van der Waals surface area contributed by atoms with Crippen LogP contribution in [0, 0.1) is 13.8 Å². The molecule has 1 heterocycles. The van der Waals surface area contributed by atoms with Crippen molar-refractivity contribution in [2.24, 2.45) is 0 Å². The number of benzene rings is 1. The van der Waals surface area contributed by atoms with Gasteiger partial charge in [-0.3, -0.25) is 4.90 Å². The fourth-order valence-corrected chi connectivity index (χ4v) is 3.83. The highest BCUT2D eigenvalue weighted by atomic mass is 32.2. The Labute approximate surface area is 132 Å². The van der Waals surface area contributed by atoms with E-state index in [-0.39, 0.29) is 11.4 Å². The van der Waals surface area contributed by atoms with Gasteiger partial charge >= 0.3 is 0 Å². The normalized spacial score (nSPS) is 18.3. The number of hydrogen-bond donors (Lipinski definition) is 2. The van der Waals surface area contributed by atoms with Crippen molar-refractivity contribution in [3.05, 3.63) is 29.3 Å². The lowest BCUT2D eigenvalue weighted by Crippen LogP contribution is -2.44. The van der Waals surface area contributed by atoms with E-state index in [0.29, 0.717) is 25.3 Å². The maximum atomic E-state index is 12.3. The zero-order valence-electron chi connectivity index (χ0n) is 13.1. The first-order valence-corrected chi connectivity index (χ1v) is 8.92. The van der Waals surface area contributed by atoms with Gasteiger partial charge in [-0.1, -0.05) is 12.1 Å². The fourth-order valence-electron chi connectivity index (χ4n) is 2.43. The monoisotopic (exact) mass is 328 g/mol. The van der Waals surface area contributed by atoms with Crippen LogP contribution < -0.4 is 4.72 Å². The van der Waals surface area contributed by atoms with Crippen LogP contribution in [-0.4, -0.2) is 63.9 Å². The van der Waals surface area contributed by atoms with E-state index in [2.05, 4.69) is 9.62 Å². The molecule has 1 fully saturated rings. The summed E-state index contributed by atoms with van der Waals surface area (Å²) >= 11 is 0. The zero-order chi connectivity index (χ0) is 16.2. The number of rotatable bonds is 6. The van der Waals surface area contributed by atoms with Crippen molar-refractivity contribution >= 4 is 10.0 Å². The number of sulfonamides is 1. The minimum absolute atomic E-state index is 0.00702. The standard InChI is InChI=1S/C15H24N2O4S/c1-12-3-4-13(2)15(9-12)22(19,20)16-10-14(18)11-17-5-7-21-8-6-17/h3-4,9,14,16,18H,5-8,10-11H2,1-2H3. The smallest absolute Gasteiger partial charge is 0.240 e. The maximum Gasteiger partial charge on any atom is 0.240 e. The van der Waals surface area contributed by atoms with Gasteiger partial charge in [-0.15, -0.1) is 0 Å². The highest BCUT2D eigenvalue weighted by Crippen LogP contribution is 2.16. The van der Waals surface area contributed by atoms with Gasteiger partial charge in [0.15, 0.2) is 0 Å². The van der Waals surface area contributed by atoms with E-state index < -0.39 is 16.1 Å². The molecule has 0 bridgehead atoms. The molecule has 1 aliphatic rings. The molecular formula is C15H24N2O4S. The van der Waals surface area contributed by atoms with Gasteiger partial charge in [-0.2, -0.15) is 0 Å². The quantitative estimate of drug-likeness (QED) is 0.784. The predicted octanol–water partition coefficient (Wildman–Crippen LogP) is 0.275. The molecule has 7 heteroatoms. The predicted molar refractivity (Wildman–Crippen MR) is 84.4 cm³/mol. The first-order chi connectivity index (χ1) is 10.4. The second-order valence-corrected chi connectivity index (χ2v) is 7.42. The molecule has 1 saturated heterocycles. The Hall–Kier alpha value is -0.990. The number of nitrogens with one attached hydrogen (secondary N) is 1. The lowest BCUT2D eigenvalue weighted by Gasteiger charge is -2.28. The van der Waals surface area contributed by atoms with Crippen molar-refractivity contribution in [1.29, 1.82) is 0 Å². The molecule has 0 amide bonds. The molecular weight excluding hydrogens is 304 g/mol. The number of nitrogens with zero attached hydrogens (tertiary/aromatic N) is 1. The fraction of sp³-hybridized carbons (Fsp3) is 0.600. The number of morpholine rings is 1. The Morgan fingerprint density at radius 3 is 2.68 bits per heavy atom. The number of ether oxygens (including phenoxy) is 1. The SMILES string of the molecule is Cc1ccc(C)c(S(=O)(=O)NCC(O)CN2CCOCC2)c1. The molecule has 1 unspecified atom stereocenters. The van der Waals surface area contributed by atoms with Crippen LogP contribution in [0.1, 0.15) is 11.1 Å².